The minimum atomic E-state index is -0.341. The predicted octanol–water partition coefficient (Wildman–Crippen LogP) is 2.27. The van der Waals surface area contributed by atoms with Crippen LogP contribution in [-0.4, -0.2) is 74.9 Å². The number of aromatic nitrogens is 3. The van der Waals surface area contributed by atoms with Crippen molar-refractivity contribution in [2.24, 2.45) is 0 Å². The Morgan fingerprint density at radius 3 is 2.34 bits per heavy atom. The highest BCUT2D eigenvalue weighted by Crippen LogP contribution is 2.23. The van der Waals surface area contributed by atoms with Gasteiger partial charge in [0.25, 0.3) is 11.8 Å². The first kappa shape index (κ1) is 20.4. The van der Waals surface area contributed by atoms with E-state index in [4.69, 9.17) is 4.74 Å². The lowest BCUT2D eigenvalue weighted by Gasteiger charge is -2.35. The van der Waals surface area contributed by atoms with Crippen molar-refractivity contribution in [2.75, 3.05) is 32.8 Å². The molecule has 32 heavy (non-hydrogen) atoms. The molecule has 2 amide bonds. The number of carbonyl (C=O) groups is 2. The second kappa shape index (κ2) is 8.58. The lowest BCUT2D eigenvalue weighted by atomic mass is 10.2. The summed E-state index contributed by atoms with van der Waals surface area (Å²) < 4.78 is 22.4. The van der Waals surface area contributed by atoms with Gasteiger partial charge in [-0.3, -0.25) is 9.59 Å². The first-order chi connectivity index (χ1) is 15.6. The van der Waals surface area contributed by atoms with Crippen LogP contribution in [0.4, 0.5) is 4.39 Å². The smallest absolute Gasteiger partial charge is 0.259 e. The van der Waals surface area contributed by atoms with Crippen LogP contribution >= 0.6 is 0 Å². The van der Waals surface area contributed by atoms with E-state index in [9.17, 15) is 14.0 Å². The molecule has 0 radical (unpaired) electrons. The maximum atomic E-state index is 13.4. The quantitative estimate of drug-likeness (QED) is 0.628. The maximum absolute atomic E-state index is 13.4. The number of piperazine rings is 1. The molecule has 4 heterocycles. The molecule has 2 saturated heterocycles. The van der Waals surface area contributed by atoms with Gasteiger partial charge in [0.15, 0.2) is 5.82 Å². The van der Waals surface area contributed by atoms with Crippen molar-refractivity contribution in [3.8, 4) is 11.5 Å². The highest BCUT2D eigenvalue weighted by atomic mass is 19.1. The molecule has 8 nitrogen and oxygen atoms in total. The van der Waals surface area contributed by atoms with Crippen LogP contribution in [-0.2, 0) is 9.53 Å². The number of rotatable bonds is 4. The molecule has 9 heteroatoms. The number of amides is 2. The van der Waals surface area contributed by atoms with Crippen LogP contribution in [0.25, 0.3) is 11.5 Å². The van der Waals surface area contributed by atoms with Crippen LogP contribution in [0.3, 0.4) is 0 Å². The van der Waals surface area contributed by atoms with Crippen molar-refractivity contribution in [3.63, 3.8) is 0 Å². The third kappa shape index (κ3) is 3.80. The lowest BCUT2D eigenvalue weighted by molar-refractivity contribution is -0.142. The van der Waals surface area contributed by atoms with Gasteiger partial charge in [0.2, 0.25) is 0 Å². The zero-order chi connectivity index (χ0) is 22.1. The summed E-state index contributed by atoms with van der Waals surface area (Å²) in [6.45, 7) is 2.49. The number of ether oxygens (including phenoxy) is 1. The molecule has 3 aromatic rings. The highest BCUT2D eigenvalue weighted by Gasteiger charge is 2.32. The summed E-state index contributed by atoms with van der Waals surface area (Å²) in [5, 5.41) is 4.43. The number of hydrogen-bond donors (Lipinski definition) is 0. The molecule has 2 fully saturated rings. The molecule has 0 N–H and O–H groups in total. The molecule has 0 saturated carbocycles. The Balaban J connectivity index is 1.37. The number of benzene rings is 1. The van der Waals surface area contributed by atoms with E-state index in [1.54, 1.807) is 32.8 Å². The molecule has 2 aliphatic rings. The van der Waals surface area contributed by atoms with Gasteiger partial charge < -0.3 is 19.1 Å². The van der Waals surface area contributed by atoms with E-state index in [-0.39, 0.29) is 23.7 Å². The third-order valence-corrected chi connectivity index (χ3v) is 5.98. The van der Waals surface area contributed by atoms with Crippen molar-refractivity contribution in [3.05, 3.63) is 66.4 Å². The fourth-order valence-electron chi connectivity index (χ4n) is 4.26. The van der Waals surface area contributed by atoms with E-state index in [2.05, 4.69) is 5.10 Å². The van der Waals surface area contributed by atoms with Crippen LogP contribution in [0, 0.1) is 5.82 Å². The molecular formula is C23H24FN5O3. The van der Waals surface area contributed by atoms with E-state index in [0.717, 1.165) is 12.8 Å². The molecule has 0 bridgehead atoms. The summed E-state index contributed by atoms with van der Waals surface area (Å²) in [4.78, 5) is 29.5. The summed E-state index contributed by atoms with van der Waals surface area (Å²) >= 11 is 0. The monoisotopic (exact) mass is 437 g/mol. The highest BCUT2D eigenvalue weighted by molar-refractivity contribution is 5.97. The van der Waals surface area contributed by atoms with Gasteiger partial charge in [-0.15, -0.1) is 0 Å². The molecule has 1 aromatic carbocycles. The fourth-order valence-corrected chi connectivity index (χ4v) is 4.26. The topological polar surface area (TPSA) is 72.6 Å². The number of carbonyl (C=O) groups excluding carboxylic acids is 2. The Hall–Kier alpha value is -3.46. The van der Waals surface area contributed by atoms with Gasteiger partial charge in [0.1, 0.15) is 17.5 Å². The van der Waals surface area contributed by atoms with E-state index < -0.39 is 0 Å². The van der Waals surface area contributed by atoms with Crippen LogP contribution < -0.4 is 0 Å². The largest absolute Gasteiger partial charge is 0.368 e. The molecule has 5 rings (SSSR count). The van der Waals surface area contributed by atoms with E-state index >= 15 is 0 Å². The predicted molar refractivity (Wildman–Crippen MR) is 114 cm³/mol. The van der Waals surface area contributed by atoms with Gasteiger partial charge in [-0.25, -0.2) is 9.07 Å². The van der Waals surface area contributed by atoms with Crippen molar-refractivity contribution in [1.82, 2.24) is 24.1 Å². The molecule has 0 aliphatic carbocycles. The number of hydrogen-bond acceptors (Lipinski definition) is 4. The molecule has 2 aromatic heterocycles. The Morgan fingerprint density at radius 1 is 1.00 bits per heavy atom. The van der Waals surface area contributed by atoms with Crippen molar-refractivity contribution >= 4 is 11.8 Å². The summed E-state index contributed by atoms with van der Waals surface area (Å²) in [6.07, 6.45) is 6.56. The normalized spacial score (nSPS) is 18.8. The SMILES string of the molecule is O=C(c1cnn(-c2ccc(F)cc2)c1-n1cccc1)N1CCN(C(=O)C2CCCO2)CC1. The Labute approximate surface area is 184 Å². The van der Waals surface area contributed by atoms with Crippen LogP contribution in [0.2, 0.25) is 0 Å². The molecular weight excluding hydrogens is 413 g/mol. The van der Waals surface area contributed by atoms with Crippen molar-refractivity contribution < 1.29 is 18.7 Å². The molecule has 1 unspecified atom stereocenters. The third-order valence-electron chi connectivity index (χ3n) is 5.98. The summed E-state index contributed by atoms with van der Waals surface area (Å²) in [7, 11) is 0. The Kier molecular flexibility index (Phi) is 5.48. The lowest BCUT2D eigenvalue weighted by Crippen LogP contribution is -2.52. The Morgan fingerprint density at radius 2 is 1.69 bits per heavy atom. The van der Waals surface area contributed by atoms with Crippen molar-refractivity contribution in [1.29, 1.82) is 0 Å². The number of nitrogens with zero attached hydrogens (tertiary/aromatic N) is 5. The van der Waals surface area contributed by atoms with Crippen LogP contribution in [0.5, 0.6) is 0 Å². The van der Waals surface area contributed by atoms with Gasteiger partial charge in [-0.1, -0.05) is 0 Å². The minimum Gasteiger partial charge on any atom is -0.368 e. The first-order valence-corrected chi connectivity index (χ1v) is 10.8. The van der Waals surface area contributed by atoms with E-state index in [1.165, 1.54) is 12.1 Å². The Bertz CT molecular complexity index is 1100. The maximum Gasteiger partial charge on any atom is 0.259 e. The minimum absolute atomic E-state index is 0.0201. The zero-order valence-electron chi connectivity index (χ0n) is 17.6. The van der Waals surface area contributed by atoms with Crippen LogP contribution in [0.1, 0.15) is 23.2 Å². The average Bonchev–Trinajstić information content (AvgIpc) is 3.60. The standard InChI is InChI=1S/C23H24FN5O3/c24-17-5-7-18(8-6-17)29-21(26-9-1-2-10-26)19(16-25-29)22(30)27-11-13-28(14-12-27)23(31)20-4-3-15-32-20/h1-2,5-10,16,20H,3-4,11-15H2. The summed E-state index contributed by atoms with van der Waals surface area (Å²) in [5.74, 6) is 0.123. The number of halogens is 1. The summed E-state index contributed by atoms with van der Waals surface area (Å²) in [6, 6.07) is 9.71. The molecule has 1 atom stereocenters. The van der Waals surface area contributed by atoms with Gasteiger partial charge >= 0.3 is 0 Å². The van der Waals surface area contributed by atoms with Gasteiger partial charge in [-0.2, -0.15) is 5.10 Å². The average molecular weight is 437 g/mol. The van der Waals surface area contributed by atoms with Crippen LogP contribution in [0.15, 0.2) is 55.0 Å². The second-order valence-corrected chi connectivity index (χ2v) is 7.98. The molecule has 0 spiro atoms. The van der Waals surface area contributed by atoms with Gasteiger partial charge in [-0.05, 0) is 49.2 Å². The second-order valence-electron chi connectivity index (χ2n) is 7.98. The van der Waals surface area contributed by atoms with E-state index in [1.807, 2.05) is 29.1 Å². The van der Waals surface area contributed by atoms with Gasteiger partial charge in [0, 0.05) is 45.2 Å². The molecule has 2 aliphatic heterocycles. The summed E-state index contributed by atoms with van der Waals surface area (Å²) in [5.41, 5.74) is 1.10. The zero-order valence-corrected chi connectivity index (χ0v) is 17.6. The fraction of sp³-hybridized carbons (Fsp3) is 0.348. The molecule has 166 valence electrons. The van der Waals surface area contributed by atoms with Gasteiger partial charge in [0.05, 0.1) is 11.9 Å². The van der Waals surface area contributed by atoms with Crippen molar-refractivity contribution in [2.45, 2.75) is 18.9 Å². The first-order valence-electron chi connectivity index (χ1n) is 10.8. The van der Waals surface area contributed by atoms with E-state index in [0.29, 0.717) is 49.9 Å².